The predicted octanol–water partition coefficient (Wildman–Crippen LogP) is 28.6. The van der Waals surface area contributed by atoms with Crippen molar-refractivity contribution >= 4 is 95.2 Å². The highest BCUT2D eigenvalue weighted by atomic mass is 79.9. The number of hydrogen-bond acceptors (Lipinski definition) is 12. The van der Waals surface area contributed by atoms with Crippen molar-refractivity contribution in [2.45, 2.75) is 133 Å². The Labute approximate surface area is 746 Å². The van der Waals surface area contributed by atoms with Gasteiger partial charge in [-0.2, -0.15) is 5.21 Å². The molecule has 19 rings (SSSR count). The fraction of sp³-hybridized carbons (Fsp3) is 0.235. The maximum absolute atomic E-state index is 9.57. The summed E-state index contributed by atoms with van der Waals surface area (Å²) in [5.74, 6) is 7.69. The summed E-state index contributed by atoms with van der Waals surface area (Å²) in [7, 11) is 5.02. The zero-order valence-electron chi connectivity index (χ0n) is 69.1. The van der Waals surface area contributed by atoms with E-state index in [0.29, 0.717) is 58.6 Å². The third-order valence-corrected chi connectivity index (χ3v) is 24.8. The number of phenols is 1. The zero-order valence-corrected chi connectivity index (χ0v) is 73.0. The number of alkyl halides is 1. The third-order valence-electron chi connectivity index (χ3n) is 23.4. The number of H-pyrrole nitrogens is 1. The van der Waals surface area contributed by atoms with Gasteiger partial charge in [0.25, 0.3) is 0 Å². The number of aromatic amines is 1. The van der Waals surface area contributed by atoms with Gasteiger partial charge < -0.3 is 42.5 Å². The van der Waals surface area contributed by atoms with E-state index in [1.807, 2.05) is 188 Å². The molecule has 18 nitrogen and oxygen atoms in total. The normalized spacial score (nSPS) is 13.6. The van der Waals surface area contributed by atoms with Crippen molar-refractivity contribution in [3.8, 4) is 113 Å². The molecule has 0 aliphatic heterocycles. The van der Waals surface area contributed by atoms with Gasteiger partial charge in [0.05, 0.1) is 67.6 Å². The second kappa shape index (κ2) is 40.1. The van der Waals surface area contributed by atoms with Crippen molar-refractivity contribution in [1.82, 2.24) is 49.3 Å². The molecule has 16 aromatic rings. The van der Waals surface area contributed by atoms with Gasteiger partial charge in [0.15, 0.2) is 11.4 Å². The van der Waals surface area contributed by atoms with E-state index in [4.69, 9.17) is 86.6 Å². The first-order chi connectivity index (χ1) is 60.8. The van der Waals surface area contributed by atoms with Crippen LogP contribution < -0.4 is 23.7 Å². The van der Waals surface area contributed by atoms with E-state index < -0.39 is 0 Å². The van der Waals surface area contributed by atoms with Gasteiger partial charge in [0, 0.05) is 73.3 Å². The predicted molar refractivity (Wildman–Crippen MR) is 503 cm³/mol. The minimum Gasteiger partial charge on any atom is -0.508 e. The molecule has 124 heavy (non-hydrogen) atoms. The van der Waals surface area contributed by atoms with Crippen molar-refractivity contribution in [3.63, 3.8) is 0 Å². The largest absolute Gasteiger partial charge is 0.508 e. The number of halogens is 4. The molecule has 12 aromatic carbocycles. The van der Waals surface area contributed by atoms with Crippen LogP contribution >= 0.6 is 50.7 Å². The molecule has 3 aliphatic rings. The second-order valence-corrected chi connectivity index (χ2v) is 33.1. The molecule has 0 amide bonds. The minimum atomic E-state index is 0. The van der Waals surface area contributed by atoms with Gasteiger partial charge in [-0.25, -0.2) is 24.6 Å². The summed E-state index contributed by atoms with van der Waals surface area (Å²) in [6, 6.07) is 84.4. The van der Waals surface area contributed by atoms with Crippen LogP contribution in [0.5, 0.6) is 34.5 Å². The molecule has 3 saturated carbocycles. The van der Waals surface area contributed by atoms with Crippen molar-refractivity contribution in [2.24, 2.45) is 0 Å². The number of fused-ring (bicyclic) bond motifs is 3. The van der Waals surface area contributed by atoms with E-state index in [0.717, 1.165) is 177 Å². The Morgan fingerprint density at radius 2 is 0.710 bits per heavy atom. The van der Waals surface area contributed by atoms with Crippen LogP contribution in [-0.4, -0.2) is 75.7 Å². The van der Waals surface area contributed by atoms with Crippen LogP contribution in [0.25, 0.3) is 122 Å². The molecule has 0 radical (unpaired) electrons. The monoisotopic (exact) mass is 1770 g/mol. The van der Waals surface area contributed by atoms with Gasteiger partial charge in [-0.1, -0.05) is 175 Å². The van der Waals surface area contributed by atoms with E-state index >= 15 is 0 Å². The number of benzene rings is 12. The number of ether oxygens (including phenoxy) is 5. The molecule has 0 bridgehead atoms. The first-order valence-corrected chi connectivity index (χ1v) is 44.2. The first kappa shape index (κ1) is 84.8. The minimum absolute atomic E-state index is 0. The fourth-order valence-corrected chi connectivity index (χ4v) is 17.9. The number of imidazole rings is 3. The summed E-state index contributed by atoms with van der Waals surface area (Å²) >= 11 is 21.6. The molecule has 0 saturated heterocycles. The Morgan fingerprint density at radius 3 is 1.06 bits per heavy atom. The lowest BCUT2D eigenvalue weighted by molar-refractivity contribution is 0.305. The van der Waals surface area contributed by atoms with Gasteiger partial charge in [0.1, 0.15) is 65.2 Å². The summed E-state index contributed by atoms with van der Waals surface area (Å²) in [4.78, 5) is 22.1. The summed E-state index contributed by atoms with van der Waals surface area (Å²) in [6.45, 7) is 15.4. The van der Waals surface area contributed by atoms with Crippen molar-refractivity contribution in [2.75, 3.05) is 21.3 Å². The van der Waals surface area contributed by atoms with E-state index in [-0.39, 0.29) is 7.18 Å². The maximum Gasteiger partial charge on any atom is 0.204 e. The molecule has 0 unspecified atom stereocenters. The highest BCUT2D eigenvalue weighted by Crippen LogP contribution is 2.43. The lowest BCUT2D eigenvalue weighted by Gasteiger charge is -2.25. The van der Waals surface area contributed by atoms with E-state index in [2.05, 4.69) is 115 Å². The Kier molecular flexibility index (Phi) is 27.4. The van der Waals surface area contributed by atoms with Crippen LogP contribution in [-0.2, 0) is 18.5 Å². The fourth-order valence-electron chi connectivity index (χ4n) is 17.1. The van der Waals surface area contributed by atoms with Crippen molar-refractivity contribution < 1.29 is 30.2 Å². The number of rotatable bonds is 20. The highest BCUT2D eigenvalue weighted by molar-refractivity contribution is 9.08. The molecular formula is C102H94BrCl3N12O6. The lowest BCUT2D eigenvalue weighted by Crippen LogP contribution is -2.14. The molecular weight excluding hydrogens is 1680 g/mol. The number of methoxy groups -OCH3 is 3. The van der Waals surface area contributed by atoms with Gasteiger partial charge >= 0.3 is 0 Å². The SMILES string of the molecule is COc1ccc(-c2ccc(Cl)cc2)c(CBr)c1.COc1ccc(-c2ccc(Cl)cc2)c(COc2ccc(-c3nc4cc(-c5nn[nH]n5)ccc4n3C3CCCCC3)cc2)c1.[C-]#[N+]c1ccc2c(c1)nc(-c1ccc(O)cc1)n2C1CCCCC1.[C-]#[N+]c1ccc2c(c1)nc(-c1ccc(OCc3cc(OC)ccc3-c3ccc(Cl)cc3)cc1)n2C1CCCCC1.[HH]. The number of aromatic hydroxyl groups is 1. The van der Waals surface area contributed by atoms with Crippen molar-refractivity contribution in [3.05, 3.63) is 309 Å². The number of phenolic OH excluding ortho intramolecular Hbond substituents is 1. The van der Waals surface area contributed by atoms with Gasteiger partial charge in [-0.05, 0) is 271 Å². The number of nitrogens with one attached hydrogen (secondary N) is 1. The quantitative estimate of drug-likeness (QED) is 0.0545. The highest BCUT2D eigenvalue weighted by Gasteiger charge is 2.27. The van der Waals surface area contributed by atoms with Crippen LogP contribution in [0.15, 0.2) is 255 Å². The van der Waals surface area contributed by atoms with Crippen LogP contribution in [0.4, 0.5) is 11.4 Å². The molecule has 4 heterocycles. The summed E-state index contributed by atoms with van der Waals surface area (Å²) in [5, 5.41) is 27.1. The smallest absolute Gasteiger partial charge is 0.204 e. The molecule has 3 aliphatic carbocycles. The Balaban J connectivity index is 0.000000136. The molecule has 626 valence electrons. The molecule has 2 N–H and O–H groups in total. The number of tetrazole rings is 1. The topological polar surface area (TPSA) is 183 Å². The second-order valence-electron chi connectivity index (χ2n) is 31.2. The van der Waals surface area contributed by atoms with Crippen LogP contribution in [0.2, 0.25) is 15.1 Å². The van der Waals surface area contributed by atoms with Crippen molar-refractivity contribution in [1.29, 1.82) is 0 Å². The van der Waals surface area contributed by atoms with Gasteiger partial charge in [-0.3, -0.25) is 0 Å². The molecule has 3 fully saturated rings. The van der Waals surface area contributed by atoms with Gasteiger partial charge in [-0.15, -0.1) is 10.2 Å². The number of hydrogen-bond donors (Lipinski definition) is 2. The number of nitrogens with zero attached hydrogens (tertiary/aromatic N) is 11. The van der Waals surface area contributed by atoms with Gasteiger partial charge in [0.2, 0.25) is 5.82 Å². The Morgan fingerprint density at radius 1 is 0.387 bits per heavy atom. The third kappa shape index (κ3) is 19.8. The van der Waals surface area contributed by atoms with Crippen LogP contribution in [0.1, 0.15) is 133 Å². The summed E-state index contributed by atoms with van der Waals surface area (Å²) in [5.41, 5.74) is 21.1. The average Bonchev–Trinajstić information content (AvgIpc) is 1.63. The van der Waals surface area contributed by atoms with E-state index in [9.17, 15) is 5.11 Å². The molecule has 4 aromatic heterocycles. The first-order valence-electron chi connectivity index (χ1n) is 41.9. The molecule has 22 heteroatoms. The Bertz CT molecular complexity index is 6440. The van der Waals surface area contributed by atoms with E-state index in [1.54, 1.807) is 33.5 Å². The maximum atomic E-state index is 9.57. The summed E-state index contributed by atoms with van der Waals surface area (Å²) in [6.07, 6.45) is 18.3. The van der Waals surface area contributed by atoms with Crippen LogP contribution in [0.3, 0.4) is 0 Å². The number of aromatic nitrogens is 10. The summed E-state index contributed by atoms with van der Waals surface area (Å²) < 4.78 is 35.9. The Hall–Kier alpha value is -12.8. The zero-order chi connectivity index (χ0) is 85.4. The van der Waals surface area contributed by atoms with Crippen LogP contribution in [0, 0.1) is 13.1 Å². The van der Waals surface area contributed by atoms with E-state index in [1.165, 1.54) is 81.8 Å². The molecule has 0 atom stereocenters. The lowest BCUT2D eigenvalue weighted by atomic mass is 9.95. The molecule has 0 spiro atoms. The average molecular weight is 1770 g/mol. The standard InChI is InChI=1S/C34H31ClN6O2.C34H30ClN3O2.C20H19N3O.C14H12BrClO.H2/c1-42-29-16-17-30(22-7-12-26(35)13-8-22)25(19-29)21-43-28-14-9-23(10-15-28)34-36-31-20-24(33-37-39-40-38-33)11-18-32(31)41(34)27-5-3-2-4-6-27;1-36-27-14-19-33-32(21-27)37-34(38(33)28-6-4-3-5-7-28)24-10-15-29(16-11-24)40-22-25-20-30(39-2)17-18-31(25)23-8-12-26(35)13-9-23;1-21-15-9-12-19-18(13-15)22-20(14-7-10-17(24)11-8-14)23(19)16-5-3-2-4-6-16;1-17-13-6-7-14(11(8-13)9-15)10-2-4-12(16)5-3-10;/h7-20,27H,2-6,21H2,1H3,(H,37,38,39,40);8-21,28H,3-7,22H2,2H3;7-13,16,24H,2-6H2;2-8H,9H2,1H3;1H.